The quantitative estimate of drug-likeness (QED) is 0.900. The molecule has 1 aliphatic rings. The van der Waals surface area contributed by atoms with Crippen molar-refractivity contribution in [3.05, 3.63) is 34.3 Å². The van der Waals surface area contributed by atoms with Gasteiger partial charge in [-0.15, -0.1) is 0 Å². The maximum absolute atomic E-state index is 12.2. The van der Waals surface area contributed by atoms with Crippen molar-refractivity contribution in [1.29, 1.82) is 0 Å². The van der Waals surface area contributed by atoms with E-state index in [1.165, 1.54) is 4.31 Å². The Morgan fingerprint density at radius 2 is 2.05 bits per heavy atom. The van der Waals surface area contributed by atoms with Crippen LogP contribution in [-0.4, -0.2) is 39.0 Å². The van der Waals surface area contributed by atoms with Gasteiger partial charge in [-0.2, -0.15) is 17.4 Å². The first-order valence-corrected chi connectivity index (χ1v) is 8.33. The Bertz CT molecular complexity index is 530. The Hall–Kier alpha value is -0.470. The fourth-order valence-corrected chi connectivity index (χ4v) is 3.71. The van der Waals surface area contributed by atoms with Crippen LogP contribution in [0.4, 0.5) is 0 Å². The largest absolute Gasteiger partial charge is 0.379 e. The molecule has 106 valence electrons. The zero-order valence-corrected chi connectivity index (χ0v) is 13.1. The minimum absolute atomic E-state index is 0.273. The first-order valence-electron chi connectivity index (χ1n) is 6.09. The second-order valence-corrected chi connectivity index (χ2v) is 7.03. The third-order valence-corrected chi connectivity index (χ3v) is 5.17. The summed E-state index contributed by atoms with van der Waals surface area (Å²) in [5.74, 6) is 0. The molecule has 0 aliphatic carbocycles. The highest BCUT2D eigenvalue weighted by molar-refractivity contribution is 9.10. The van der Waals surface area contributed by atoms with Crippen LogP contribution in [0.15, 0.2) is 28.7 Å². The Labute approximate surface area is 122 Å². The molecular weight excluding hydrogens is 332 g/mol. The summed E-state index contributed by atoms with van der Waals surface area (Å²) in [5.41, 5.74) is 0.922. The molecule has 1 N–H and O–H groups in total. The van der Waals surface area contributed by atoms with Gasteiger partial charge < -0.3 is 4.74 Å². The highest BCUT2D eigenvalue weighted by atomic mass is 79.9. The minimum atomic E-state index is -3.46. The Morgan fingerprint density at radius 3 is 2.68 bits per heavy atom. The fraction of sp³-hybridized carbons (Fsp3) is 0.500. The smallest absolute Gasteiger partial charge is 0.280 e. The lowest BCUT2D eigenvalue weighted by molar-refractivity contribution is 0.0723. The van der Waals surface area contributed by atoms with Gasteiger partial charge in [0.25, 0.3) is 10.2 Å². The average Bonchev–Trinajstić information content (AvgIpc) is 2.39. The van der Waals surface area contributed by atoms with Gasteiger partial charge in [0.15, 0.2) is 0 Å². The molecule has 0 bridgehead atoms. The molecule has 2 rings (SSSR count). The molecule has 0 amide bonds. The fourth-order valence-electron chi connectivity index (χ4n) is 1.93. The molecule has 0 spiro atoms. The normalized spacial score (nSPS) is 19.3. The Kier molecular flexibility index (Phi) is 4.97. The molecule has 1 fully saturated rings. The Morgan fingerprint density at radius 1 is 1.37 bits per heavy atom. The van der Waals surface area contributed by atoms with Gasteiger partial charge in [0, 0.05) is 23.6 Å². The number of morpholine rings is 1. The molecule has 1 heterocycles. The lowest BCUT2D eigenvalue weighted by Crippen LogP contribution is -2.47. The van der Waals surface area contributed by atoms with E-state index in [1.54, 1.807) is 0 Å². The summed E-state index contributed by atoms with van der Waals surface area (Å²) in [5, 5.41) is 0. The molecule has 19 heavy (non-hydrogen) atoms. The van der Waals surface area contributed by atoms with E-state index in [9.17, 15) is 8.42 Å². The van der Waals surface area contributed by atoms with Gasteiger partial charge in [0.2, 0.25) is 0 Å². The van der Waals surface area contributed by atoms with Gasteiger partial charge in [0.1, 0.15) is 0 Å². The summed E-state index contributed by atoms with van der Waals surface area (Å²) in [4.78, 5) is 0. The lowest BCUT2D eigenvalue weighted by Gasteiger charge is -2.27. The zero-order chi connectivity index (χ0) is 13.9. The molecule has 0 aromatic heterocycles. The first-order chi connectivity index (χ1) is 8.99. The molecule has 1 saturated heterocycles. The van der Waals surface area contributed by atoms with E-state index in [-0.39, 0.29) is 6.04 Å². The summed E-state index contributed by atoms with van der Waals surface area (Å²) in [7, 11) is -3.46. The monoisotopic (exact) mass is 348 g/mol. The van der Waals surface area contributed by atoms with E-state index in [0.717, 1.165) is 10.0 Å². The summed E-state index contributed by atoms with van der Waals surface area (Å²) in [6.07, 6.45) is 0. The van der Waals surface area contributed by atoms with Crippen molar-refractivity contribution in [2.45, 2.75) is 13.0 Å². The van der Waals surface area contributed by atoms with Crippen molar-refractivity contribution < 1.29 is 13.2 Å². The van der Waals surface area contributed by atoms with Crippen molar-refractivity contribution in [1.82, 2.24) is 9.03 Å². The number of nitrogens with one attached hydrogen (secondary N) is 1. The van der Waals surface area contributed by atoms with Crippen LogP contribution >= 0.6 is 15.9 Å². The molecular formula is C12H17BrN2O3S. The number of halogens is 1. The van der Waals surface area contributed by atoms with Crippen molar-refractivity contribution >= 4 is 26.1 Å². The van der Waals surface area contributed by atoms with E-state index < -0.39 is 10.2 Å². The van der Waals surface area contributed by atoms with Crippen LogP contribution in [0, 0.1) is 0 Å². The molecule has 7 heteroatoms. The first kappa shape index (κ1) is 14.9. The van der Waals surface area contributed by atoms with Crippen LogP contribution < -0.4 is 4.72 Å². The Balaban J connectivity index is 2.07. The highest BCUT2D eigenvalue weighted by Crippen LogP contribution is 2.19. The van der Waals surface area contributed by atoms with E-state index in [4.69, 9.17) is 4.74 Å². The van der Waals surface area contributed by atoms with Crippen molar-refractivity contribution in [2.75, 3.05) is 26.3 Å². The van der Waals surface area contributed by atoms with Crippen LogP contribution in [0.3, 0.4) is 0 Å². The lowest BCUT2D eigenvalue weighted by atomic mass is 10.1. The zero-order valence-electron chi connectivity index (χ0n) is 10.7. The van der Waals surface area contributed by atoms with Crippen LogP contribution in [0.1, 0.15) is 18.5 Å². The van der Waals surface area contributed by atoms with Crippen molar-refractivity contribution in [2.24, 2.45) is 0 Å². The summed E-state index contributed by atoms with van der Waals surface area (Å²) >= 11 is 3.38. The summed E-state index contributed by atoms with van der Waals surface area (Å²) in [6, 6.07) is 7.33. The van der Waals surface area contributed by atoms with Crippen LogP contribution in [0.5, 0.6) is 0 Å². The predicted octanol–water partition coefficient (Wildman–Crippen LogP) is 1.68. The molecule has 0 unspecified atom stereocenters. The van der Waals surface area contributed by atoms with Crippen LogP contribution in [0.25, 0.3) is 0 Å². The summed E-state index contributed by atoms with van der Waals surface area (Å²) < 4.78 is 34.6. The van der Waals surface area contributed by atoms with Crippen molar-refractivity contribution in [3.63, 3.8) is 0 Å². The van der Waals surface area contributed by atoms with E-state index in [1.807, 2.05) is 31.2 Å². The van der Waals surface area contributed by atoms with Gasteiger partial charge >= 0.3 is 0 Å². The van der Waals surface area contributed by atoms with E-state index in [2.05, 4.69) is 20.7 Å². The number of hydrogen-bond donors (Lipinski definition) is 1. The van der Waals surface area contributed by atoms with Crippen molar-refractivity contribution in [3.8, 4) is 0 Å². The third-order valence-electron chi connectivity index (χ3n) is 2.98. The molecule has 1 aliphatic heterocycles. The molecule has 1 aromatic carbocycles. The second-order valence-electron chi connectivity index (χ2n) is 4.41. The number of ether oxygens (including phenoxy) is 1. The third kappa shape index (κ3) is 4.00. The number of nitrogens with zero attached hydrogens (tertiary/aromatic N) is 1. The SMILES string of the molecule is C[C@@H](NS(=O)(=O)N1CCOCC1)c1cccc(Br)c1. The van der Waals surface area contributed by atoms with Crippen LogP contribution in [-0.2, 0) is 14.9 Å². The molecule has 0 radical (unpaired) electrons. The number of benzene rings is 1. The predicted molar refractivity (Wildman–Crippen MR) is 77.0 cm³/mol. The maximum Gasteiger partial charge on any atom is 0.280 e. The van der Waals surface area contributed by atoms with Crippen LogP contribution in [0.2, 0.25) is 0 Å². The topological polar surface area (TPSA) is 58.6 Å². The highest BCUT2D eigenvalue weighted by Gasteiger charge is 2.26. The van der Waals surface area contributed by atoms with E-state index >= 15 is 0 Å². The standard InChI is InChI=1S/C12H17BrN2O3S/c1-10(11-3-2-4-12(13)9-11)14-19(16,17)15-5-7-18-8-6-15/h2-4,9-10,14H,5-8H2,1H3/t10-/m1/s1. The molecule has 0 saturated carbocycles. The maximum atomic E-state index is 12.2. The summed E-state index contributed by atoms with van der Waals surface area (Å²) in [6.45, 7) is 3.54. The van der Waals surface area contributed by atoms with Gasteiger partial charge in [0.05, 0.1) is 13.2 Å². The molecule has 1 aromatic rings. The minimum Gasteiger partial charge on any atom is -0.379 e. The second kappa shape index (κ2) is 6.32. The average molecular weight is 349 g/mol. The van der Waals surface area contributed by atoms with Gasteiger partial charge in [-0.25, -0.2) is 0 Å². The van der Waals surface area contributed by atoms with E-state index in [0.29, 0.717) is 26.3 Å². The van der Waals surface area contributed by atoms with Gasteiger partial charge in [-0.3, -0.25) is 0 Å². The van der Waals surface area contributed by atoms with Gasteiger partial charge in [-0.1, -0.05) is 28.1 Å². The molecule has 5 nitrogen and oxygen atoms in total. The van der Waals surface area contributed by atoms with Gasteiger partial charge in [-0.05, 0) is 24.6 Å². The number of hydrogen-bond acceptors (Lipinski definition) is 3. The number of rotatable bonds is 4. The molecule has 1 atom stereocenters.